The number of anilines is 1. The van der Waals surface area contributed by atoms with E-state index in [0.29, 0.717) is 11.6 Å². The highest BCUT2D eigenvalue weighted by atomic mass is 35.6. The summed E-state index contributed by atoms with van der Waals surface area (Å²) in [6.45, 7) is 3.75. The maximum absolute atomic E-state index is 5.81. The van der Waals surface area contributed by atoms with E-state index in [4.69, 9.17) is 34.8 Å². The van der Waals surface area contributed by atoms with Gasteiger partial charge in [0.15, 0.2) is 0 Å². The summed E-state index contributed by atoms with van der Waals surface area (Å²) >= 11 is 17.4. The lowest BCUT2D eigenvalue weighted by atomic mass is 10.3. The Morgan fingerprint density at radius 3 is 2.41 bits per heavy atom. The van der Waals surface area contributed by atoms with Gasteiger partial charge in [0.25, 0.3) is 0 Å². The number of hydrogen-bond acceptors (Lipinski definition) is 4. The second kappa shape index (κ2) is 5.14. The summed E-state index contributed by atoms with van der Waals surface area (Å²) in [4.78, 5) is 12.9. The highest BCUT2D eigenvalue weighted by Gasteiger charge is 2.26. The standard InChI is InChI=1S/C10H13Cl3N4/c1-16-4-6-17(7-5-16)9-14-3-2-8(15-9)10(11,12)13/h2-3H,4-7H2,1H3. The van der Waals surface area contributed by atoms with Crippen molar-refractivity contribution in [2.75, 3.05) is 38.1 Å². The molecule has 0 unspecified atom stereocenters. The van der Waals surface area contributed by atoms with Crippen LogP contribution >= 0.6 is 34.8 Å². The monoisotopic (exact) mass is 294 g/mol. The lowest BCUT2D eigenvalue weighted by Crippen LogP contribution is -2.45. The lowest BCUT2D eigenvalue weighted by molar-refractivity contribution is 0.311. The van der Waals surface area contributed by atoms with Crippen LogP contribution in [-0.2, 0) is 3.79 Å². The van der Waals surface area contributed by atoms with Gasteiger partial charge in [0.2, 0.25) is 9.74 Å². The molecule has 0 aromatic carbocycles. The van der Waals surface area contributed by atoms with E-state index in [1.807, 2.05) is 0 Å². The maximum atomic E-state index is 5.81. The van der Waals surface area contributed by atoms with Gasteiger partial charge < -0.3 is 9.80 Å². The molecule has 0 saturated carbocycles. The van der Waals surface area contributed by atoms with E-state index in [2.05, 4.69) is 26.8 Å². The summed E-state index contributed by atoms with van der Waals surface area (Å²) in [5, 5.41) is 0. The van der Waals surface area contributed by atoms with Crippen LogP contribution in [0.2, 0.25) is 0 Å². The predicted octanol–water partition coefficient (Wildman–Crippen LogP) is 2.06. The molecule has 1 aromatic heterocycles. The van der Waals surface area contributed by atoms with Gasteiger partial charge in [-0.2, -0.15) is 0 Å². The number of nitrogens with zero attached hydrogens (tertiary/aromatic N) is 4. The molecular formula is C10H13Cl3N4. The largest absolute Gasteiger partial charge is 0.338 e. The zero-order valence-corrected chi connectivity index (χ0v) is 11.7. The molecule has 0 bridgehead atoms. The van der Waals surface area contributed by atoms with Crippen LogP contribution < -0.4 is 4.90 Å². The fourth-order valence-corrected chi connectivity index (χ4v) is 1.98. The smallest absolute Gasteiger partial charge is 0.232 e. The minimum atomic E-state index is -1.50. The van der Waals surface area contributed by atoms with Gasteiger partial charge in [0.05, 0.1) is 5.69 Å². The molecule has 0 aliphatic carbocycles. The van der Waals surface area contributed by atoms with Crippen molar-refractivity contribution < 1.29 is 0 Å². The second-order valence-electron chi connectivity index (χ2n) is 4.03. The molecule has 4 nitrogen and oxygen atoms in total. The van der Waals surface area contributed by atoms with Crippen LogP contribution in [0.25, 0.3) is 0 Å². The lowest BCUT2D eigenvalue weighted by Gasteiger charge is -2.32. The first-order valence-electron chi connectivity index (χ1n) is 5.30. The molecule has 1 saturated heterocycles. The molecule has 7 heteroatoms. The van der Waals surface area contributed by atoms with Gasteiger partial charge in [-0.15, -0.1) is 0 Å². The highest BCUT2D eigenvalue weighted by molar-refractivity contribution is 6.66. The molecule has 17 heavy (non-hydrogen) atoms. The summed E-state index contributed by atoms with van der Waals surface area (Å²) in [6, 6.07) is 1.62. The number of likely N-dealkylation sites (N-methyl/N-ethyl adjacent to an activating group) is 1. The molecule has 1 aliphatic rings. The minimum absolute atomic E-state index is 0.409. The summed E-state index contributed by atoms with van der Waals surface area (Å²) in [5.41, 5.74) is 0.409. The quantitative estimate of drug-likeness (QED) is 0.742. The molecule has 2 heterocycles. The average molecular weight is 296 g/mol. The minimum Gasteiger partial charge on any atom is -0.338 e. The summed E-state index contributed by atoms with van der Waals surface area (Å²) in [5.74, 6) is 0.627. The molecule has 0 spiro atoms. The Labute approximate surface area is 115 Å². The van der Waals surface area contributed by atoms with Gasteiger partial charge in [0, 0.05) is 32.4 Å². The van der Waals surface area contributed by atoms with Crippen molar-refractivity contribution in [1.29, 1.82) is 0 Å². The molecule has 1 fully saturated rings. The van der Waals surface area contributed by atoms with E-state index in [1.165, 1.54) is 0 Å². The number of alkyl halides is 3. The van der Waals surface area contributed by atoms with Crippen LogP contribution in [0.15, 0.2) is 12.3 Å². The molecule has 1 aromatic rings. The first kappa shape index (κ1) is 13.1. The third kappa shape index (κ3) is 3.35. The Kier molecular flexibility index (Phi) is 3.98. The summed E-state index contributed by atoms with van der Waals surface area (Å²) in [7, 11) is 2.09. The van der Waals surface area contributed by atoms with Crippen LogP contribution in [0.3, 0.4) is 0 Å². The number of halogens is 3. The van der Waals surface area contributed by atoms with E-state index in [1.54, 1.807) is 12.3 Å². The van der Waals surface area contributed by atoms with Gasteiger partial charge in [-0.25, -0.2) is 9.97 Å². The zero-order valence-electron chi connectivity index (χ0n) is 9.41. The molecule has 1 aliphatic heterocycles. The first-order valence-corrected chi connectivity index (χ1v) is 6.44. The SMILES string of the molecule is CN1CCN(c2nccc(C(Cl)(Cl)Cl)n2)CC1. The van der Waals surface area contributed by atoms with Gasteiger partial charge in [-0.05, 0) is 13.1 Å². The predicted molar refractivity (Wildman–Crippen MR) is 71.0 cm³/mol. The van der Waals surface area contributed by atoms with E-state index in [-0.39, 0.29) is 0 Å². The van der Waals surface area contributed by atoms with Crippen LogP contribution in [0.5, 0.6) is 0 Å². The van der Waals surface area contributed by atoms with Gasteiger partial charge >= 0.3 is 0 Å². The molecule has 94 valence electrons. The molecule has 0 atom stereocenters. The topological polar surface area (TPSA) is 32.3 Å². The Balaban J connectivity index is 2.16. The normalized spacial score (nSPS) is 18.5. The Morgan fingerprint density at radius 2 is 1.82 bits per heavy atom. The number of hydrogen-bond donors (Lipinski definition) is 0. The van der Waals surface area contributed by atoms with Crippen molar-refractivity contribution in [3.05, 3.63) is 18.0 Å². The van der Waals surface area contributed by atoms with Crippen molar-refractivity contribution in [1.82, 2.24) is 14.9 Å². The van der Waals surface area contributed by atoms with Crippen LogP contribution in [0, 0.1) is 0 Å². The highest BCUT2D eigenvalue weighted by Crippen LogP contribution is 2.37. The fourth-order valence-electron chi connectivity index (χ4n) is 1.67. The molecular weight excluding hydrogens is 282 g/mol. The Hall–Kier alpha value is -0.290. The van der Waals surface area contributed by atoms with Gasteiger partial charge in [0.1, 0.15) is 0 Å². The number of piperazine rings is 1. The van der Waals surface area contributed by atoms with Gasteiger partial charge in [-0.3, -0.25) is 0 Å². The first-order chi connectivity index (χ1) is 7.97. The van der Waals surface area contributed by atoms with Crippen molar-refractivity contribution in [3.8, 4) is 0 Å². The Morgan fingerprint density at radius 1 is 1.18 bits per heavy atom. The summed E-state index contributed by atoms with van der Waals surface area (Å²) < 4.78 is -1.50. The Bertz CT molecular complexity index is 385. The van der Waals surface area contributed by atoms with Crippen molar-refractivity contribution in [2.24, 2.45) is 0 Å². The fraction of sp³-hybridized carbons (Fsp3) is 0.600. The van der Waals surface area contributed by atoms with Crippen molar-refractivity contribution >= 4 is 40.8 Å². The molecule has 0 radical (unpaired) electrons. The van der Waals surface area contributed by atoms with Crippen LogP contribution in [0.4, 0.5) is 5.95 Å². The van der Waals surface area contributed by atoms with E-state index < -0.39 is 3.79 Å². The van der Waals surface area contributed by atoms with Crippen molar-refractivity contribution in [2.45, 2.75) is 3.79 Å². The second-order valence-corrected chi connectivity index (χ2v) is 6.31. The summed E-state index contributed by atoms with van der Waals surface area (Å²) in [6.07, 6.45) is 1.62. The number of rotatable bonds is 1. The third-order valence-electron chi connectivity index (χ3n) is 2.72. The zero-order chi connectivity index (χ0) is 12.5. The number of aromatic nitrogens is 2. The van der Waals surface area contributed by atoms with E-state index in [9.17, 15) is 0 Å². The third-order valence-corrected chi connectivity index (χ3v) is 3.30. The average Bonchev–Trinajstić information content (AvgIpc) is 2.29. The molecule has 0 N–H and O–H groups in total. The van der Waals surface area contributed by atoms with E-state index in [0.717, 1.165) is 26.2 Å². The van der Waals surface area contributed by atoms with Crippen LogP contribution in [-0.4, -0.2) is 48.1 Å². The van der Waals surface area contributed by atoms with Crippen molar-refractivity contribution in [3.63, 3.8) is 0 Å². The van der Waals surface area contributed by atoms with Gasteiger partial charge in [-0.1, -0.05) is 34.8 Å². The molecule has 0 amide bonds. The molecule has 2 rings (SSSR count). The maximum Gasteiger partial charge on any atom is 0.232 e. The van der Waals surface area contributed by atoms with E-state index >= 15 is 0 Å². The van der Waals surface area contributed by atoms with Crippen LogP contribution in [0.1, 0.15) is 5.69 Å².